The quantitative estimate of drug-likeness (QED) is 0.564. The molecule has 0 saturated heterocycles. The third-order valence-corrected chi connectivity index (χ3v) is 0.892. The van der Waals surface area contributed by atoms with E-state index in [9.17, 15) is 9.59 Å². The zero-order valence-electron chi connectivity index (χ0n) is 6.42. The number of nitrogens with zero attached hydrogens (tertiary/aromatic N) is 2. The van der Waals surface area contributed by atoms with E-state index in [0.29, 0.717) is 0 Å². The number of hydrogen-bond acceptors (Lipinski definition) is 3. The van der Waals surface area contributed by atoms with Gasteiger partial charge in [0.2, 0.25) is 5.91 Å². The second-order valence-electron chi connectivity index (χ2n) is 2.08. The number of nitrogens with one attached hydrogen (secondary N) is 1. The van der Waals surface area contributed by atoms with Crippen LogP contribution in [0.5, 0.6) is 0 Å². The summed E-state index contributed by atoms with van der Waals surface area (Å²) < 4.78 is 0. The third kappa shape index (κ3) is 3.92. The van der Waals surface area contributed by atoms with Crippen molar-refractivity contribution in [1.82, 2.24) is 10.2 Å². The summed E-state index contributed by atoms with van der Waals surface area (Å²) in [7, 11) is 3.02. The van der Waals surface area contributed by atoms with Gasteiger partial charge in [-0.3, -0.25) is 10.1 Å². The molecule has 0 aromatic carbocycles. The Morgan fingerprint density at radius 2 is 2.09 bits per heavy atom. The van der Waals surface area contributed by atoms with Gasteiger partial charge in [-0.05, 0) is 0 Å². The minimum Gasteiger partial charge on any atom is -0.331 e. The molecule has 3 amide bonds. The van der Waals surface area contributed by atoms with Gasteiger partial charge in [0.25, 0.3) is 0 Å². The van der Waals surface area contributed by atoms with Crippen molar-refractivity contribution in [3.05, 3.63) is 0 Å². The predicted molar refractivity (Wildman–Crippen MR) is 37.5 cm³/mol. The van der Waals surface area contributed by atoms with Crippen molar-refractivity contribution >= 4 is 11.9 Å². The Morgan fingerprint density at radius 1 is 1.55 bits per heavy atom. The average Bonchev–Trinajstić information content (AvgIpc) is 1.87. The first-order chi connectivity index (χ1) is 5.07. The molecule has 0 unspecified atom stereocenters. The topological polar surface area (TPSA) is 73.2 Å². The Balaban J connectivity index is 3.78. The summed E-state index contributed by atoms with van der Waals surface area (Å²) in [5.41, 5.74) is 0. The van der Waals surface area contributed by atoms with Crippen molar-refractivity contribution < 1.29 is 9.59 Å². The first-order valence-electron chi connectivity index (χ1n) is 2.96. The van der Waals surface area contributed by atoms with E-state index in [0.717, 1.165) is 0 Å². The number of imide groups is 1. The summed E-state index contributed by atoms with van der Waals surface area (Å²) in [5.74, 6) is -0.578. The SMILES string of the molecule is CN(C)C(=O)NC(=O)CC#N. The minimum atomic E-state index is -0.578. The number of nitriles is 1. The number of urea groups is 1. The van der Waals surface area contributed by atoms with Crippen molar-refractivity contribution in [2.45, 2.75) is 6.42 Å². The van der Waals surface area contributed by atoms with E-state index in [-0.39, 0.29) is 6.42 Å². The van der Waals surface area contributed by atoms with Gasteiger partial charge in [-0.25, -0.2) is 4.79 Å². The lowest BCUT2D eigenvalue weighted by molar-refractivity contribution is -0.119. The Hall–Kier alpha value is -1.57. The Morgan fingerprint density at radius 3 is 2.45 bits per heavy atom. The molecule has 0 fully saturated rings. The molecule has 0 saturated carbocycles. The highest BCUT2D eigenvalue weighted by Crippen LogP contribution is 1.79. The number of carbonyl (C=O) groups excluding carboxylic acids is 2. The first kappa shape index (κ1) is 9.43. The molecule has 5 nitrogen and oxygen atoms in total. The molecule has 0 aliphatic carbocycles. The van der Waals surface area contributed by atoms with Crippen LogP contribution in [0.4, 0.5) is 4.79 Å². The summed E-state index contributed by atoms with van der Waals surface area (Å²) in [6.45, 7) is 0. The summed E-state index contributed by atoms with van der Waals surface area (Å²) in [6.07, 6.45) is -0.292. The van der Waals surface area contributed by atoms with Crippen LogP contribution < -0.4 is 5.32 Å². The van der Waals surface area contributed by atoms with Gasteiger partial charge in [0.05, 0.1) is 6.07 Å². The molecule has 0 aromatic rings. The van der Waals surface area contributed by atoms with Crippen molar-refractivity contribution in [1.29, 1.82) is 5.26 Å². The van der Waals surface area contributed by atoms with E-state index in [1.165, 1.54) is 19.0 Å². The standard InChI is InChI=1S/C6H9N3O2/c1-9(2)6(11)8-5(10)3-4-7/h3H2,1-2H3,(H,8,10,11). The molecule has 0 spiro atoms. The number of carbonyl (C=O) groups is 2. The van der Waals surface area contributed by atoms with Crippen LogP contribution in [0.2, 0.25) is 0 Å². The zero-order valence-corrected chi connectivity index (χ0v) is 6.42. The molecule has 0 heterocycles. The van der Waals surface area contributed by atoms with Crippen LogP contribution in [-0.4, -0.2) is 30.9 Å². The van der Waals surface area contributed by atoms with Gasteiger partial charge in [-0.1, -0.05) is 0 Å². The normalized spacial score (nSPS) is 8.09. The van der Waals surface area contributed by atoms with E-state index in [4.69, 9.17) is 5.26 Å². The van der Waals surface area contributed by atoms with Gasteiger partial charge in [0.1, 0.15) is 6.42 Å². The maximum atomic E-state index is 10.7. The lowest BCUT2D eigenvalue weighted by Crippen LogP contribution is -2.38. The molecule has 0 atom stereocenters. The Bertz CT molecular complexity index is 204. The van der Waals surface area contributed by atoms with Crippen LogP contribution in [0.25, 0.3) is 0 Å². The summed E-state index contributed by atoms with van der Waals surface area (Å²) >= 11 is 0. The average molecular weight is 155 g/mol. The molecule has 0 radical (unpaired) electrons. The molecule has 5 heteroatoms. The second-order valence-corrected chi connectivity index (χ2v) is 2.08. The minimum absolute atomic E-state index is 0.292. The summed E-state index contributed by atoms with van der Waals surface area (Å²) in [4.78, 5) is 22.5. The molecule has 0 aliphatic heterocycles. The zero-order chi connectivity index (χ0) is 8.85. The van der Waals surface area contributed by atoms with Gasteiger partial charge in [-0.15, -0.1) is 0 Å². The van der Waals surface area contributed by atoms with E-state index in [1.54, 1.807) is 6.07 Å². The van der Waals surface area contributed by atoms with Crippen molar-refractivity contribution in [2.75, 3.05) is 14.1 Å². The Labute approximate surface area is 64.6 Å². The van der Waals surface area contributed by atoms with E-state index in [2.05, 4.69) is 0 Å². The van der Waals surface area contributed by atoms with Gasteiger partial charge in [0.15, 0.2) is 0 Å². The molecule has 0 rings (SSSR count). The lowest BCUT2D eigenvalue weighted by Gasteiger charge is -2.08. The monoisotopic (exact) mass is 155 g/mol. The van der Waals surface area contributed by atoms with Gasteiger partial charge in [0, 0.05) is 14.1 Å². The van der Waals surface area contributed by atoms with E-state index >= 15 is 0 Å². The lowest BCUT2D eigenvalue weighted by atomic mass is 10.4. The van der Waals surface area contributed by atoms with Gasteiger partial charge < -0.3 is 4.90 Å². The fourth-order valence-corrected chi connectivity index (χ4v) is 0.347. The van der Waals surface area contributed by atoms with Crippen LogP contribution >= 0.6 is 0 Å². The highest BCUT2D eigenvalue weighted by Gasteiger charge is 2.07. The summed E-state index contributed by atoms with van der Waals surface area (Å²) in [6, 6.07) is 1.12. The van der Waals surface area contributed by atoms with Crippen molar-refractivity contribution in [3.63, 3.8) is 0 Å². The second kappa shape index (κ2) is 4.28. The van der Waals surface area contributed by atoms with E-state index in [1.807, 2.05) is 5.32 Å². The predicted octanol–water partition coefficient (Wildman–Crippen LogP) is -0.302. The number of rotatable bonds is 1. The van der Waals surface area contributed by atoms with Crippen LogP contribution in [0, 0.1) is 11.3 Å². The summed E-state index contributed by atoms with van der Waals surface area (Å²) in [5, 5.41) is 10.1. The number of amides is 3. The highest BCUT2D eigenvalue weighted by atomic mass is 16.2. The molecule has 0 bridgehead atoms. The van der Waals surface area contributed by atoms with Crippen LogP contribution in [-0.2, 0) is 4.79 Å². The number of hydrogen-bond donors (Lipinski definition) is 1. The molecule has 60 valence electrons. The molecule has 1 N–H and O–H groups in total. The van der Waals surface area contributed by atoms with Gasteiger partial charge >= 0.3 is 6.03 Å². The molecular weight excluding hydrogens is 146 g/mol. The van der Waals surface area contributed by atoms with Crippen LogP contribution in [0.1, 0.15) is 6.42 Å². The van der Waals surface area contributed by atoms with Crippen LogP contribution in [0.15, 0.2) is 0 Å². The van der Waals surface area contributed by atoms with Crippen molar-refractivity contribution in [2.24, 2.45) is 0 Å². The first-order valence-corrected chi connectivity index (χ1v) is 2.96. The smallest absolute Gasteiger partial charge is 0.323 e. The maximum Gasteiger partial charge on any atom is 0.323 e. The molecule has 0 aromatic heterocycles. The molecule has 11 heavy (non-hydrogen) atoms. The Kier molecular flexibility index (Phi) is 3.67. The van der Waals surface area contributed by atoms with E-state index < -0.39 is 11.9 Å². The third-order valence-electron chi connectivity index (χ3n) is 0.892. The van der Waals surface area contributed by atoms with Crippen LogP contribution in [0.3, 0.4) is 0 Å². The van der Waals surface area contributed by atoms with Gasteiger partial charge in [-0.2, -0.15) is 5.26 Å². The fourth-order valence-electron chi connectivity index (χ4n) is 0.347. The van der Waals surface area contributed by atoms with Crippen molar-refractivity contribution in [3.8, 4) is 6.07 Å². The highest BCUT2D eigenvalue weighted by molar-refractivity contribution is 5.94. The fraction of sp³-hybridized carbons (Fsp3) is 0.500. The molecular formula is C6H9N3O2. The largest absolute Gasteiger partial charge is 0.331 e. The maximum absolute atomic E-state index is 10.7. The molecule has 0 aliphatic rings.